The van der Waals surface area contributed by atoms with E-state index in [9.17, 15) is 0 Å². The van der Waals surface area contributed by atoms with Crippen LogP contribution in [0.2, 0.25) is 0 Å². The third-order valence-electron chi connectivity index (χ3n) is 4.58. The fourth-order valence-corrected chi connectivity index (χ4v) is 3.30. The van der Waals surface area contributed by atoms with Gasteiger partial charge in [0.1, 0.15) is 5.84 Å². The van der Waals surface area contributed by atoms with E-state index in [-0.39, 0.29) is 5.41 Å². The average Bonchev–Trinajstić information content (AvgIpc) is 2.60. The number of fused-ring (bicyclic) bond motifs is 3. The van der Waals surface area contributed by atoms with E-state index < -0.39 is 0 Å². The molecule has 2 nitrogen and oxygen atoms in total. The van der Waals surface area contributed by atoms with Gasteiger partial charge in [0.05, 0.1) is 11.1 Å². The molecule has 20 heavy (non-hydrogen) atoms. The van der Waals surface area contributed by atoms with Gasteiger partial charge >= 0.3 is 0 Å². The van der Waals surface area contributed by atoms with Crippen LogP contribution in [-0.4, -0.2) is 5.84 Å². The summed E-state index contributed by atoms with van der Waals surface area (Å²) in [7, 11) is 0. The highest BCUT2D eigenvalue weighted by atomic mass is 14.9. The van der Waals surface area contributed by atoms with Crippen molar-refractivity contribution in [3.63, 3.8) is 0 Å². The van der Waals surface area contributed by atoms with Gasteiger partial charge in [0.2, 0.25) is 0 Å². The molecule has 2 aromatic rings. The van der Waals surface area contributed by atoms with Crippen molar-refractivity contribution >= 4 is 11.5 Å². The van der Waals surface area contributed by atoms with Gasteiger partial charge in [0.25, 0.3) is 0 Å². The molecule has 2 N–H and O–H groups in total. The summed E-state index contributed by atoms with van der Waals surface area (Å²) in [5.41, 5.74) is 11.0. The lowest BCUT2D eigenvalue weighted by Gasteiger charge is -2.32. The predicted molar refractivity (Wildman–Crippen MR) is 85.4 cm³/mol. The van der Waals surface area contributed by atoms with E-state index in [1.54, 1.807) is 0 Å². The molecule has 102 valence electrons. The Hall–Kier alpha value is -2.09. The summed E-state index contributed by atoms with van der Waals surface area (Å²) in [6.07, 6.45) is 1.92. The number of aliphatic imine (C=N–C) groups is 1. The summed E-state index contributed by atoms with van der Waals surface area (Å²) in [6, 6.07) is 16.8. The smallest absolute Gasteiger partial charge is 0.110 e. The number of nitrogens with zero attached hydrogens (tertiary/aromatic N) is 1. The van der Waals surface area contributed by atoms with Crippen molar-refractivity contribution in [3.05, 3.63) is 54.1 Å². The standard InChI is InChI=1S/C18H20N2/c1-3-18(4-2)15-11-7-5-9-13(15)14-10-6-8-12-16(14)20-17(18)19/h5-12H,3-4H2,1-2H3,(H2,19,20). The van der Waals surface area contributed by atoms with Crippen molar-refractivity contribution in [2.75, 3.05) is 0 Å². The summed E-state index contributed by atoms with van der Waals surface area (Å²) >= 11 is 0. The summed E-state index contributed by atoms with van der Waals surface area (Å²) in [4.78, 5) is 4.74. The molecule has 1 aliphatic rings. The minimum absolute atomic E-state index is 0.157. The van der Waals surface area contributed by atoms with Gasteiger partial charge in [-0.15, -0.1) is 0 Å². The van der Waals surface area contributed by atoms with E-state index >= 15 is 0 Å². The largest absolute Gasteiger partial charge is 0.386 e. The molecule has 1 aliphatic heterocycles. The van der Waals surface area contributed by atoms with Crippen molar-refractivity contribution in [2.45, 2.75) is 32.1 Å². The van der Waals surface area contributed by atoms with Gasteiger partial charge in [-0.05, 0) is 30.0 Å². The van der Waals surface area contributed by atoms with E-state index in [4.69, 9.17) is 10.7 Å². The second-order valence-electron chi connectivity index (χ2n) is 5.35. The van der Waals surface area contributed by atoms with Crippen molar-refractivity contribution in [3.8, 4) is 11.1 Å². The molecule has 0 radical (unpaired) electrons. The number of amidine groups is 1. The lowest BCUT2D eigenvalue weighted by atomic mass is 9.72. The number of benzene rings is 2. The monoisotopic (exact) mass is 264 g/mol. The van der Waals surface area contributed by atoms with Crippen molar-refractivity contribution < 1.29 is 0 Å². The predicted octanol–water partition coefficient (Wildman–Crippen LogP) is 4.41. The van der Waals surface area contributed by atoms with Gasteiger partial charge in [-0.1, -0.05) is 56.3 Å². The third-order valence-corrected chi connectivity index (χ3v) is 4.58. The number of hydrogen-bond acceptors (Lipinski definition) is 2. The normalized spacial score (nSPS) is 15.8. The molecule has 0 unspecified atom stereocenters. The Morgan fingerprint density at radius 1 is 0.900 bits per heavy atom. The molecule has 2 aromatic carbocycles. The Morgan fingerprint density at radius 3 is 2.20 bits per heavy atom. The van der Waals surface area contributed by atoms with Crippen molar-refractivity contribution in [1.29, 1.82) is 0 Å². The molecule has 2 heteroatoms. The average molecular weight is 264 g/mol. The highest BCUT2D eigenvalue weighted by Gasteiger charge is 2.37. The Morgan fingerprint density at radius 2 is 1.50 bits per heavy atom. The molecule has 0 aliphatic carbocycles. The first-order chi connectivity index (χ1) is 9.73. The molecule has 3 rings (SSSR count). The zero-order valence-electron chi connectivity index (χ0n) is 12.1. The van der Waals surface area contributed by atoms with Gasteiger partial charge in [-0.3, -0.25) is 0 Å². The molecule has 0 saturated carbocycles. The summed E-state index contributed by atoms with van der Waals surface area (Å²) in [5.74, 6) is 0.736. The first kappa shape index (κ1) is 12.9. The zero-order chi connectivity index (χ0) is 14.2. The molecular formula is C18H20N2. The zero-order valence-corrected chi connectivity index (χ0v) is 12.1. The summed E-state index contributed by atoms with van der Waals surface area (Å²) in [5, 5.41) is 0. The maximum Gasteiger partial charge on any atom is 0.110 e. The van der Waals surface area contributed by atoms with Crippen molar-refractivity contribution in [2.24, 2.45) is 10.7 Å². The lowest BCUT2D eigenvalue weighted by Crippen LogP contribution is -2.40. The van der Waals surface area contributed by atoms with Crippen LogP contribution in [0.15, 0.2) is 53.5 Å². The molecule has 0 bridgehead atoms. The van der Waals surface area contributed by atoms with Gasteiger partial charge in [0, 0.05) is 5.56 Å². The van der Waals surface area contributed by atoms with E-state index in [1.165, 1.54) is 16.7 Å². The number of para-hydroxylation sites is 1. The van der Waals surface area contributed by atoms with E-state index in [1.807, 2.05) is 12.1 Å². The van der Waals surface area contributed by atoms with Gasteiger partial charge in [0.15, 0.2) is 0 Å². The summed E-state index contributed by atoms with van der Waals surface area (Å²) < 4.78 is 0. The highest BCUT2D eigenvalue weighted by molar-refractivity contribution is 5.99. The third kappa shape index (κ3) is 1.68. The molecule has 0 saturated heterocycles. The molecule has 0 spiro atoms. The highest BCUT2D eigenvalue weighted by Crippen LogP contribution is 2.44. The number of nitrogens with two attached hydrogens (primary N) is 1. The van der Waals surface area contributed by atoms with Crippen LogP contribution in [0.3, 0.4) is 0 Å². The fourth-order valence-electron chi connectivity index (χ4n) is 3.30. The second-order valence-corrected chi connectivity index (χ2v) is 5.35. The minimum Gasteiger partial charge on any atom is -0.386 e. The molecular weight excluding hydrogens is 244 g/mol. The molecule has 0 aromatic heterocycles. The topological polar surface area (TPSA) is 38.4 Å². The Balaban J connectivity index is 2.41. The number of rotatable bonds is 2. The Labute approximate surface area is 120 Å². The van der Waals surface area contributed by atoms with Gasteiger partial charge < -0.3 is 5.73 Å². The van der Waals surface area contributed by atoms with Crippen LogP contribution in [0.5, 0.6) is 0 Å². The molecule has 0 fully saturated rings. The van der Waals surface area contributed by atoms with Crippen LogP contribution in [0.25, 0.3) is 11.1 Å². The molecule has 0 atom stereocenters. The number of hydrogen-bond donors (Lipinski definition) is 1. The van der Waals surface area contributed by atoms with Crippen molar-refractivity contribution in [1.82, 2.24) is 0 Å². The fraction of sp³-hybridized carbons (Fsp3) is 0.278. The van der Waals surface area contributed by atoms with E-state index in [2.05, 4.69) is 50.2 Å². The van der Waals surface area contributed by atoms with Gasteiger partial charge in [-0.25, -0.2) is 4.99 Å². The van der Waals surface area contributed by atoms with Gasteiger partial charge in [-0.2, -0.15) is 0 Å². The SMILES string of the molecule is CCC1(CC)C(N)=Nc2ccccc2-c2ccccc21. The first-order valence-corrected chi connectivity index (χ1v) is 7.26. The van der Waals surface area contributed by atoms with E-state index in [0.29, 0.717) is 0 Å². The Bertz CT molecular complexity index is 667. The van der Waals surface area contributed by atoms with Crippen LogP contribution < -0.4 is 5.73 Å². The summed E-state index contributed by atoms with van der Waals surface area (Å²) in [6.45, 7) is 4.39. The minimum atomic E-state index is -0.157. The maximum absolute atomic E-state index is 6.41. The second kappa shape index (κ2) is 4.78. The molecule has 1 heterocycles. The van der Waals surface area contributed by atoms with Crippen LogP contribution in [0, 0.1) is 0 Å². The van der Waals surface area contributed by atoms with Crippen LogP contribution in [0.4, 0.5) is 5.69 Å². The van der Waals surface area contributed by atoms with Crippen LogP contribution in [-0.2, 0) is 5.41 Å². The maximum atomic E-state index is 6.41. The Kier molecular flexibility index (Phi) is 3.09. The van der Waals surface area contributed by atoms with Crippen LogP contribution >= 0.6 is 0 Å². The van der Waals surface area contributed by atoms with E-state index in [0.717, 1.165) is 24.4 Å². The lowest BCUT2D eigenvalue weighted by molar-refractivity contribution is 0.532. The quantitative estimate of drug-likeness (QED) is 0.857. The first-order valence-electron chi connectivity index (χ1n) is 7.26. The molecule has 0 amide bonds. The van der Waals surface area contributed by atoms with Crippen LogP contribution in [0.1, 0.15) is 32.3 Å².